The number of ketones is 1. The number of aromatic nitrogens is 1. The lowest BCUT2D eigenvalue weighted by Crippen LogP contribution is -2.08. The van der Waals surface area contributed by atoms with Gasteiger partial charge in [0.2, 0.25) is 0 Å². The van der Waals surface area contributed by atoms with Crippen LogP contribution in [0.15, 0.2) is 16.5 Å². The molecule has 2 aromatic rings. The summed E-state index contributed by atoms with van der Waals surface area (Å²) in [5.41, 5.74) is 6.32. The first-order chi connectivity index (χ1) is 7.63. The molecule has 5 nitrogen and oxygen atoms in total. The molecule has 0 amide bonds. The van der Waals surface area contributed by atoms with E-state index in [9.17, 15) is 9.90 Å². The summed E-state index contributed by atoms with van der Waals surface area (Å²) in [7, 11) is 0. The van der Waals surface area contributed by atoms with Crippen LogP contribution in [0.4, 0.5) is 0 Å². The Bertz CT molecular complexity index is 545. The van der Waals surface area contributed by atoms with E-state index in [1.54, 1.807) is 13.0 Å². The number of oxazole rings is 1. The van der Waals surface area contributed by atoms with Crippen LogP contribution in [0.25, 0.3) is 11.1 Å². The number of carbonyl (C=O) groups excluding carboxylic acids is 1. The molecule has 0 fully saturated rings. The van der Waals surface area contributed by atoms with Crippen molar-refractivity contribution < 1.29 is 14.3 Å². The van der Waals surface area contributed by atoms with E-state index in [1.807, 2.05) is 0 Å². The van der Waals surface area contributed by atoms with Gasteiger partial charge in [0, 0.05) is 13.3 Å². The second-order valence-electron chi connectivity index (χ2n) is 3.50. The average molecular weight is 220 g/mol. The van der Waals surface area contributed by atoms with Crippen molar-refractivity contribution in [1.29, 1.82) is 0 Å². The zero-order chi connectivity index (χ0) is 11.7. The fraction of sp³-hybridized carbons (Fsp3) is 0.273. The molecule has 0 aliphatic heterocycles. The highest BCUT2D eigenvalue weighted by Crippen LogP contribution is 2.29. The number of fused-ring (bicyclic) bond motifs is 1. The molecule has 0 radical (unpaired) electrons. The molecule has 1 aromatic carbocycles. The minimum Gasteiger partial charge on any atom is -0.504 e. The quantitative estimate of drug-likeness (QED) is 0.762. The number of nitrogens with zero attached hydrogens (tertiary/aromatic N) is 1. The number of carbonyl (C=O) groups is 1. The molecule has 0 saturated heterocycles. The van der Waals surface area contributed by atoms with Crippen LogP contribution >= 0.6 is 0 Å². The SMILES string of the molecule is Cc1nc2ccc(C(=O)CCN)c(O)c2o1. The molecule has 2 rings (SSSR count). The lowest BCUT2D eigenvalue weighted by molar-refractivity contribution is 0.0983. The highest BCUT2D eigenvalue weighted by Gasteiger charge is 2.16. The second-order valence-corrected chi connectivity index (χ2v) is 3.50. The van der Waals surface area contributed by atoms with E-state index in [-0.39, 0.29) is 35.6 Å². The summed E-state index contributed by atoms with van der Waals surface area (Å²) in [6, 6.07) is 3.19. The molecular weight excluding hydrogens is 208 g/mol. The van der Waals surface area contributed by atoms with Gasteiger partial charge >= 0.3 is 0 Å². The largest absolute Gasteiger partial charge is 0.504 e. The predicted octanol–water partition coefficient (Wildman–Crippen LogP) is 1.37. The molecule has 0 aliphatic carbocycles. The molecule has 0 atom stereocenters. The minimum absolute atomic E-state index is 0.156. The number of rotatable bonds is 3. The molecule has 1 heterocycles. The fourth-order valence-electron chi connectivity index (χ4n) is 1.58. The highest BCUT2D eigenvalue weighted by atomic mass is 16.4. The number of benzene rings is 1. The molecule has 3 N–H and O–H groups in total. The van der Waals surface area contributed by atoms with Crippen LogP contribution in [-0.4, -0.2) is 22.4 Å². The predicted molar refractivity (Wildman–Crippen MR) is 58.4 cm³/mol. The van der Waals surface area contributed by atoms with Crippen LogP contribution in [0.5, 0.6) is 5.75 Å². The molecule has 84 valence electrons. The van der Waals surface area contributed by atoms with Crippen molar-refractivity contribution in [3.05, 3.63) is 23.6 Å². The first-order valence-electron chi connectivity index (χ1n) is 4.96. The van der Waals surface area contributed by atoms with Crippen molar-refractivity contribution in [2.75, 3.05) is 6.54 Å². The molecule has 0 saturated carbocycles. The average Bonchev–Trinajstić information content (AvgIpc) is 2.60. The topological polar surface area (TPSA) is 89.4 Å². The van der Waals surface area contributed by atoms with Gasteiger partial charge in [-0.2, -0.15) is 0 Å². The maximum absolute atomic E-state index is 11.6. The molecule has 1 aromatic heterocycles. The Kier molecular flexibility index (Phi) is 2.62. The van der Waals surface area contributed by atoms with Gasteiger partial charge in [0.05, 0.1) is 5.56 Å². The van der Waals surface area contributed by atoms with E-state index >= 15 is 0 Å². The highest BCUT2D eigenvalue weighted by molar-refractivity contribution is 6.02. The maximum Gasteiger partial charge on any atom is 0.197 e. The summed E-state index contributed by atoms with van der Waals surface area (Å²) in [6.45, 7) is 1.94. The van der Waals surface area contributed by atoms with Crippen molar-refractivity contribution in [3.63, 3.8) is 0 Å². The molecule has 0 spiro atoms. The lowest BCUT2D eigenvalue weighted by Gasteiger charge is -2.02. The van der Waals surface area contributed by atoms with Gasteiger partial charge < -0.3 is 15.3 Å². The van der Waals surface area contributed by atoms with Crippen LogP contribution in [0, 0.1) is 6.92 Å². The number of nitrogens with two attached hydrogens (primary N) is 1. The Morgan fingerprint density at radius 1 is 1.56 bits per heavy atom. The van der Waals surface area contributed by atoms with Gasteiger partial charge in [-0.05, 0) is 18.7 Å². The Balaban J connectivity index is 2.55. The number of aromatic hydroxyl groups is 1. The van der Waals surface area contributed by atoms with E-state index in [0.717, 1.165) is 0 Å². The smallest absolute Gasteiger partial charge is 0.197 e. The van der Waals surface area contributed by atoms with Gasteiger partial charge in [0.15, 0.2) is 23.0 Å². The first-order valence-corrected chi connectivity index (χ1v) is 4.96. The summed E-state index contributed by atoms with van der Waals surface area (Å²) >= 11 is 0. The van der Waals surface area contributed by atoms with Gasteiger partial charge in [-0.3, -0.25) is 4.79 Å². The van der Waals surface area contributed by atoms with Crippen molar-refractivity contribution in [2.24, 2.45) is 5.73 Å². The van der Waals surface area contributed by atoms with Gasteiger partial charge in [0.25, 0.3) is 0 Å². The third-order valence-corrected chi connectivity index (χ3v) is 2.31. The molecule has 0 aliphatic rings. The Morgan fingerprint density at radius 2 is 2.31 bits per heavy atom. The van der Waals surface area contributed by atoms with Crippen LogP contribution in [0.3, 0.4) is 0 Å². The van der Waals surface area contributed by atoms with Crippen molar-refractivity contribution in [1.82, 2.24) is 4.98 Å². The van der Waals surface area contributed by atoms with Crippen molar-refractivity contribution in [3.8, 4) is 5.75 Å². The second kappa shape index (κ2) is 3.94. The monoisotopic (exact) mass is 220 g/mol. The molecular formula is C11H12N2O3. The van der Waals surface area contributed by atoms with Gasteiger partial charge in [-0.15, -0.1) is 0 Å². The summed E-state index contributed by atoms with van der Waals surface area (Å²) in [6.07, 6.45) is 0.201. The van der Waals surface area contributed by atoms with Crippen LogP contribution in [0.2, 0.25) is 0 Å². The fourth-order valence-corrected chi connectivity index (χ4v) is 1.58. The zero-order valence-corrected chi connectivity index (χ0v) is 8.86. The van der Waals surface area contributed by atoms with Crippen molar-refractivity contribution in [2.45, 2.75) is 13.3 Å². The third-order valence-electron chi connectivity index (χ3n) is 2.31. The van der Waals surface area contributed by atoms with Crippen LogP contribution in [0.1, 0.15) is 22.7 Å². The van der Waals surface area contributed by atoms with Gasteiger partial charge in [0.1, 0.15) is 5.52 Å². The minimum atomic E-state index is -0.198. The molecule has 5 heteroatoms. The van der Waals surface area contributed by atoms with Gasteiger partial charge in [-0.25, -0.2) is 4.98 Å². The summed E-state index contributed by atoms with van der Waals surface area (Å²) in [4.78, 5) is 15.7. The van der Waals surface area contributed by atoms with Crippen molar-refractivity contribution >= 4 is 16.9 Å². The Hall–Kier alpha value is -1.88. The molecule has 0 unspecified atom stereocenters. The van der Waals surface area contributed by atoms with E-state index < -0.39 is 0 Å². The number of aryl methyl sites for hydroxylation is 1. The summed E-state index contributed by atoms with van der Waals surface area (Å²) in [5.74, 6) is 0.0984. The van der Waals surface area contributed by atoms with E-state index in [2.05, 4.69) is 4.98 Å². The van der Waals surface area contributed by atoms with Crippen LogP contribution in [-0.2, 0) is 0 Å². The number of phenolic OH excluding ortho intramolecular Hbond substituents is 1. The van der Waals surface area contributed by atoms with E-state index in [4.69, 9.17) is 10.2 Å². The summed E-state index contributed by atoms with van der Waals surface area (Å²) in [5, 5.41) is 9.86. The standard InChI is InChI=1S/C11H12N2O3/c1-6-13-8-3-2-7(9(14)4-5-12)10(15)11(8)16-6/h2-3,15H,4-5,12H2,1H3. The first kappa shape index (κ1) is 10.6. The number of hydrogen-bond acceptors (Lipinski definition) is 5. The van der Waals surface area contributed by atoms with E-state index in [0.29, 0.717) is 11.4 Å². The van der Waals surface area contributed by atoms with E-state index in [1.165, 1.54) is 6.07 Å². The Morgan fingerprint density at radius 3 is 3.00 bits per heavy atom. The van der Waals surface area contributed by atoms with Crippen LogP contribution < -0.4 is 5.73 Å². The lowest BCUT2D eigenvalue weighted by atomic mass is 10.1. The summed E-state index contributed by atoms with van der Waals surface area (Å²) < 4.78 is 5.22. The third kappa shape index (κ3) is 1.65. The number of Topliss-reactive ketones (excluding diaryl/α,β-unsaturated/α-hetero) is 1. The number of phenols is 1. The molecule has 16 heavy (non-hydrogen) atoms. The zero-order valence-electron chi connectivity index (χ0n) is 8.86. The van der Waals surface area contributed by atoms with Gasteiger partial charge in [-0.1, -0.05) is 0 Å². The normalized spacial score (nSPS) is 10.9. The maximum atomic E-state index is 11.6. The number of hydrogen-bond donors (Lipinski definition) is 2. The molecule has 0 bridgehead atoms. The Labute approximate surface area is 91.9 Å².